The van der Waals surface area contributed by atoms with Crippen LogP contribution in [0.2, 0.25) is 0 Å². The molecular formula is C21H34O3. The van der Waals surface area contributed by atoms with Crippen molar-refractivity contribution in [2.24, 2.45) is 22.7 Å². The highest BCUT2D eigenvalue weighted by atomic mass is 16.8. The van der Waals surface area contributed by atoms with E-state index in [0.717, 1.165) is 25.0 Å². The zero-order valence-electron chi connectivity index (χ0n) is 16.4. The van der Waals surface area contributed by atoms with Gasteiger partial charge in [-0.25, -0.2) is 0 Å². The van der Waals surface area contributed by atoms with E-state index in [4.69, 9.17) is 14.2 Å². The van der Waals surface area contributed by atoms with Crippen LogP contribution < -0.4 is 0 Å². The van der Waals surface area contributed by atoms with Gasteiger partial charge < -0.3 is 14.2 Å². The molecule has 0 aromatic rings. The quantitative estimate of drug-likeness (QED) is 0.620. The van der Waals surface area contributed by atoms with Crippen molar-refractivity contribution in [1.29, 1.82) is 0 Å². The van der Waals surface area contributed by atoms with Crippen LogP contribution in [0.25, 0.3) is 0 Å². The lowest BCUT2D eigenvalue weighted by Gasteiger charge is -2.64. The number of rotatable bonds is 0. The molecule has 0 N–H and O–H groups in total. The van der Waals surface area contributed by atoms with Crippen LogP contribution in [0, 0.1) is 22.7 Å². The second kappa shape index (κ2) is 4.79. The monoisotopic (exact) mass is 334 g/mol. The fourth-order valence-electron chi connectivity index (χ4n) is 6.96. The van der Waals surface area contributed by atoms with Crippen molar-refractivity contribution in [1.82, 2.24) is 0 Å². The van der Waals surface area contributed by atoms with E-state index in [-0.39, 0.29) is 28.6 Å². The van der Waals surface area contributed by atoms with E-state index < -0.39 is 5.79 Å². The van der Waals surface area contributed by atoms with Crippen molar-refractivity contribution in [2.75, 3.05) is 0 Å². The summed E-state index contributed by atoms with van der Waals surface area (Å²) < 4.78 is 19.1. The van der Waals surface area contributed by atoms with Crippen LogP contribution in [0.15, 0.2) is 11.8 Å². The highest BCUT2D eigenvalue weighted by molar-refractivity contribution is 5.17. The first-order valence-electron chi connectivity index (χ1n) is 9.69. The summed E-state index contributed by atoms with van der Waals surface area (Å²) in [6.45, 7) is 15.9. The molecule has 4 aliphatic rings. The molecule has 1 unspecified atom stereocenters. The summed E-state index contributed by atoms with van der Waals surface area (Å²) >= 11 is 0. The number of hydrogen-bond acceptors (Lipinski definition) is 3. The van der Waals surface area contributed by atoms with E-state index in [1.54, 1.807) is 0 Å². The molecule has 0 bridgehead atoms. The molecule has 3 heteroatoms. The number of allylic oxidation sites excluding steroid dienone is 2. The van der Waals surface area contributed by atoms with Crippen LogP contribution >= 0.6 is 0 Å². The highest BCUT2D eigenvalue weighted by Gasteiger charge is 2.66. The molecule has 2 aliphatic carbocycles. The summed E-state index contributed by atoms with van der Waals surface area (Å²) in [5.41, 5.74) is 0.337. The van der Waals surface area contributed by atoms with E-state index in [1.165, 1.54) is 6.42 Å². The Morgan fingerprint density at radius 3 is 2.42 bits per heavy atom. The van der Waals surface area contributed by atoms with Crippen molar-refractivity contribution in [3.05, 3.63) is 11.8 Å². The van der Waals surface area contributed by atoms with Crippen LogP contribution in [0.4, 0.5) is 0 Å². The molecule has 136 valence electrons. The molecule has 0 spiro atoms. The average Bonchev–Trinajstić information content (AvgIpc) is 2.72. The molecule has 0 amide bonds. The van der Waals surface area contributed by atoms with Crippen molar-refractivity contribution in [3.63, 3.8) is 0 Å². The van der Waals surface area contributed by atoms with Gasteiger partial charge in [0.15, 0.2) is 5.79 Å². The van der Waals surface area contributed by atoms with E-state index in [1.807, 2.05) is 0 Å². The van der Waals surface area contributed by atoms with E-state index in [0.29, 0.717) is 11.8 Å². The molecule has 4 rings (SSSR count). The predicted molar refractivity (Wildman–Crippen MR) is 94.4 cm³/mol. The van der Waals surface area contributed by atoms with Crippen LogP contribution in [0.5, 0.6) is 0 Å². The van der Waals surface area contributed by atoms with Crippen molar-refractivity contribution < 1.29 is 14.2 Å². The summed E-state index contributed by atoms with van der Waals surface area (Å²) in [6.07, 6.45) is 7.29. The zero-order valence-corrected chi connectivity index (χ0v) is 16.4. The summed E-state index contributed by atoms with van der Waals surface area (Å²) in [7, 11) is 0. The minimum absolute atomic E-state index is 0.0258. The summed E-state index contributed by atoms with van der Waals surface area (Å²) in [4.78, 5) is 0. The highest BCUT2D eigenvalue weighted by Crippen LogP contribution is 2.66. The second-order valence-corrected chi connectivity index (χ2v) is 10.2. The summed E-state index contributed by atoms with van der Waals surface area (Å²) in [5.74, 6) is 1.85. The first-order chi connectivity index (χ1) is 11.0. The first-order valence-corrected chi connectivity index (χ1v) is 9.69. The molecule has 3 nitrogen and oxygen atoms in total. The SMILES string of the molecule is CC1=CC[C@H]2[C@@](C)(CCC3C(C)(C)[C@H]4OC(C)(C)O[C@H]4C[C@@]32C)O1. The molecule has 0 aromatic heterocycles. The van der Waals surface area contributed by atoms with Gasteiger partial charge in [0, 0.05) is 5.92 Å². The third kappa shape index (κ3) is 2.16. The van der Waals surface area contributed by atoms with Crippen LogP contribution in [-0.2, 0) is 14.2 Å². The largest absolute Gasteiger partial charge is 0.492 e. The first kappa shape index (κ1) is 16.9. The van der Waals surface area contributed by atoms with Crippen LogP contribution in [0.3, 0.4) is 0 Å². The molecule has 3 fully saturated rings. The number of fused-ring (bicyclic) bond motifs is 4. The van der Waals surface area contributed by atoms with Gasteiger partial charge in [0.2, 0.25) is 0 Å². The molecule has 2 heterocycles. The van der Waals surface area contributed by atoms with Crippen LogP contribution in [-0.4, -0.2) is 23.6 Å². The third-order valence-corrected chi connectivity index (χ3v) is 7.75. The maximum Gasteiger partial charge on any atom is 0.163 e. The van der Waals surface area contributed by atoms with Gasteiger partial charge in [0.05, 0.1) is 18.0 Å². The topological polar surface area (TPSA) is 27.7 Å². The summed E-state index contributed by atoms with van der Waals surface area (Å²) in [6, 6.07) is 0. The Bertz CT molecular complexity index is 578. The molecule has 0 radical (unpaired) electrons. The lowest BCUT2D eigenvalue weighted by Crippen LogP contribution is -2.64. The van der Waals surface area contributed by atoms with Gasteiger partial charge in [0.25, 0.3) is 0 Å². The smallest absolute Gasteiger partial charge is 0.163 e. The van der Waals surface area contributed by atoms with Gasteiger partial charge >= 0.3 is 0 Å². The summed E-state index contributed by atoms with van der Waals surface area (Å²) in [5, 5.41) is 0. The van der Waals surface area contributed by atoms with E-state index >= 15 is 0 Å². The van der Waals surface area contributed by atoms with Gasteiger partial charge in [-0.15, -0.1) is 0 Å². The van der Waals surface area contributed by atoms with E-state index in [2.05, 4.69) is 54.5 Å². The van der Waals surface area contributed by atoms with Gasteiger partial charge in [0.1, 0.15) is 5.60 Å². The Hall–Kier alpha value is -0.540. The van der Waals surface area contributed by atoms with Gasteiger partial charge in [-0.1, -0.05) is 20.8 Å². The minimum atomic E-state index is -0.459. The molecule has 2 saturated carbocycles. The fourth-order valence-corrected chi connectivity index (χ4v) is 6.96. The molecular weight excluding hydrogens is 300 g/mol. The second-order valence-electron chi connectivity index (χ2n) is 10.2. The molecule has 1 saturated heterocycles. The van der Waals surface area contributed by atoms with Crippen LogP contribution in [0.1, 0.15) is 74.1 Å². The number of hydrogen-bond donors (Lipinski definition) is 0. The average molecular weight is 335 g/mol. The number of ether oxygens (including phenoxy) is 3. The van der Waals surface area contributed by atoms with Crippen molar-refractivity contribution in [2.45, 2.75) is 97.7 Å². The van der Waals surface area contributed by atoms with E-state index in [9.17, 15) is 0 Å². The Morgan fingerprint density at radius 1 is 1.00 bits per heavy atom. The molecule has 24 heavy (non-hydrogen) atoms. The molecule has 0 aromatic carbocycles. The minimum Gasteiger partial charge on any atom is -0.492 e. The van der Waals surface area contributed by atoms with Gasteiger partial charge in [-0.3, -0.25) is 0 Å². The van der Waals surface area contributed by atoms with Gasteiger partial charge in [-0.05, 0) is 76.2 Å². The molecule has 6 atom stereocenters. The Labute approximate surface area is 147 Å². The third-order valence-electron chi connectivity index (χ3n) is 7.75. The fraction of sp³-hybridized carbons (Fsp3) is 0.905. The predicted octanol–water partition coefficient (Wildman–Crippen LogP) is 5.05. The Morgan fingerprint density at radius 2 is 1.71 bits per heavy atom. The molecule has 2 aliphatic heterocycles. The lowest BCUT2D eigenvalue weighted by atomic mass is 9.44. The standard InChI is InChI=1S/C21H34O3/c1-13-8-9-16-20(6)12-14-17(24-19(4,5)23-14)18(2,3)15(20)10-11-21(16,7)22-13/h8,14-17H,9-12H2,1-7H3/t14-,15?,16+,17-,20-,21+/m0/s1. The normalized spacial score (nSPS) is 51.7. The lowest BCUT2D eigenvalue weighted by molar-refractivity contribution is -0.212. The van der Waals surface area contributed by atoms with Crippen molar-refractivity contribution in [3.8, 4) is 0 Å². The maximum atomic E-state index is 6.40. The zero-order chi connectivity index (χ0) is 17.5. The Balaban J connectivity index is 1.75. The maximum absolute atomic E-state index is 6.40. The van der Waals surface area contributed by atoms with Crippen molar-refractivity contribution >= 4 is 0 Å². The Kier molecular flexibility index (Phi) is 3.37. The van der Waals surface area contributed by atoms with Gasteiger partial charge in [-0.2, -0.15) is 0 Å².